The molecule has 1 aliphatic carbocycles. The summed E-state index contributed by atoms with van der Waals surface area (Å²) in [7, 11) is -3.10. The molecule has 10 rings (SSSR count). The van der Waals surface area contributed by atoms with Gasteiger partial charge in [-0.2, -0.15) is 0 Å². The summed E-state index contributed by atoms with van der Waals surface area (Å²) in [5, 5.41) is 12.8. The summed E-state index contributed by atoms with van der Waals surface area (Å²) in [4.78, 5) is 0. The van der Waals surface area contributed by atoms with Crippen molar-refractivity contribution in [3.05, 3.63) is 187 Å². The van der Waals surface area contributed by atoms with E-state index in [0.717, 1.165) is 15.9 Å². The molecule has 0 radical (unpaired) electrons. The van der Waals surface area contributed by atoms with Gasteiger partial charge < -0.3 is 4.57 Å². The van der Waals surface area contributed by atoms with Crippen LogP contribution >= 0.6 is 7.14 Å². The molecule has 0 fully saturated rings. The van der Waals surface area contributed by atoms with E-state index >= 15 is 4.57 Å². The molecule has 2 heteroatoms. The highest BCUT2D eigenvalue weighted by Gasteiger charge is 2.38. The standard InChI is InChI=1S/C49H35OP/c1-49(2)47-29-33(45-31-46-41-24-21-32-13-9-10-18-37(32)40(41)27-28-42(46)38-19-11-12-20-39(38)45)22-25-43(47)44-26-23-36(30-48(44)49)51(50,34-14-5-3-6-15-34)35-16-7-4-8-17-35/h3-31H,1-2H3. The zero-order valence-electron chi connectivity index (χ0n) is 28.6. The Balaban J connectivity index is 1.15. The first-order chi connectivity index (χ1) is 24.9. The van der Waals surface area contributed by atoms with Gasteiger partial charge in [0.2, 0.25) is 0 Å². The molecule has 9 aromatic rings. The van der Waals surface area contributed by atoms with E-state index < -0.39 is 7.14 Å². The zero-order chi connectivity index (χ0) is 34.3. The van der Waals surface area contributed by atoms with Crippen LogP contribution in [0.25, 0.3) is 65.3 Å². The Morgan fingerprint density at radius 2 is 0.882 bits per heavy atom. The molecular formula is C49H35OP. The largest absolute Gasteiger partial charge is 0.309 e. The quantitative estimate of drug-likeness (QED) is 0.135. The van der Waals surface area contributed by atoms with Crippen molar-refractivity contribution in [3.63, 3.8) is 0 Å². The Kier molecular flexibility index (Phi) is 6.57. The van der Waals surface area contributed by atoms with Crippen molar-refractivity contribution in [3.8, 4) is 22.3 Å². The zero-order valence-corrected chi connectivity index (χ0v) is 29.5. The van der Waals surface area contributed by atoms with E-state index in [0.29, 0.717) is 0 Å². The number of hydrogen-bond donors (Lipinski definition) is 0. The van der Waals surface area contributed by atoms with E-state index in [-0.39, 0.29) is 5.41 Å². The molecule has 0 amide bonds. The van der Waals surface area contributed by atoms with Crippen LogP contribution < -0.4 is 15.9 Å². The molecule has 0 heterocycles. The molecule has 9 aromatic carbocycles. The maximum absolute atomic E-state index is 15.3. The number of hydrogen-bond acceptors (Lipinski definition) is 1. The van der Waals surface area contributed by atoms with Crippen LogP contribution in [0.3, 0.4) is 0 Å². The molecule has 0 saturated carbocycles. The number of rotatable bonds is 4. The molecule has 1 nitrogen and oxygen atoms in total. The summed E-state index contributed by atoms with van der Waals surface area (Å²) in [6, 6.07) is 62.6. The van der Waals surface area contributed by atoms with Crippen LogP contribution in [0.4, 0.5) is 0 Å². The van der Waals surface area contributed by atoms with Crippen molar-refractivity contribution in [2.24, 2.45) is 0 Å². The van der Waals surface area contributed by atoms with E-state index in [1.807, 2.05) is 60.7 Å². The third kappa shape index (κ3) is 4.38. The van der Waals surface area contributed by atoms with Gasteiger partial charge in [0.15, 0.2) is 7.14 Å². The lowest BCUT2D eigenvalue weighted by Crippen LogP contribution is -2.26. The Morgan fingerprint density at radius 1 is 0.373 bits per heavy atom. The third-order valence-electron chi connectivity index (χ3n) is 11.3. The van der Waals surface area contributed by atoms with Crippen molar-refractivity contribution < 1.29 is 4.57 Å². The molecule has 0 N–H and O–H groups in total. The minimum atomic E-state index is -3.10. The van der Waals surface area contributed by atoms with Gasteiger partial charge in [0.25, 0.3) is 0 Å². The number of fused-ring (bicyclic) bond motifs is 10. The summed E-state index contributed by atoms with van der Waals surface area (Å²) >= 11 is 0. The summed E-state index contributed by atoms with van der Waals surface area (Å²) in [5.41, 5.74) is 7.17. The average Bonchev–Trinajstić information content (AvgIpc) is 3.42. The highest BCUT2D eigenvalue weighted by molar-refractivity contribution is 7.85. The minimum absolute atomic E-state index is 0.285. The third-order valence-corrected chi connectivity index (χ3v) is 14.4. The van der Waals surface area contributed by atoms with Crippen LogP contribution in [0.2, 0.25) is 0 Å². The van der Waals surface area contributed by atoms with Crippen molar-refractivity contribution >= 4 is 66.1 Å². The van der Waals surface area contributed by atoms with Crippen molar-refractivity contribution in [1.82, 2.24) is 0 Å². The second-order valence-electron chi connectivity index (χ2n) is 14.4. The van der Waals surface area contributed by atoms with Gasteiger partial charge in [-0.15, -0.1) is 0 Å². The summed E-state index contributed by atoms with van der Waals surface area (Å²) < 4.78 is 15.3. The topological polar surface area (TPSA) is 17.1 Å². The molecule has 0 bridgehead atoms. The lowest BCUT2D eigenvalue weighted by Gasteiger charge is -2.25. The van der Waals surface area contributed by atoms with Crippen LogP contribution in [-0.2, 0) is 9.98 Å². The van der Waals surface area contributed by atoms with Gasteiger partial charge in [0, 0.05) is 21.3 Å². The molecule has 0 spiro atoms. The molecule has 51 heavy (non-hydrogen) atoms. The molecular weight excluding hydrogens is 636 g/mol. The van der Waals surface area contributed by atoms with Gasteiger partial charge in [-0.1, -0.05) is 172 Å². The first-order valence-electron chi connectivity index (χ1n) is 17.7. The van der Waals surface area contributed by atoms with E-state index in [9.17, 15) is 0 Å². The van der Waals surface area contributed by atoms with E-state index in [1.165, 1.54) is 76.5 Å². The predicted octanol–water partition coefficient (Wildman–Crippen LogP) is 11.9. The van der Waals surface area contributed by atoms with Gasteiger partial charge in [0.1, 0.15) is 0 Å². The summed E-state index contributed by atoms with van der Waals surface area (Å²) in [6.07, 6.45) is 0. The highest BCUT2D eigenvalue weighted by atomic mass is 31.2. The van der Waals surface area contributed by atoms with Crippen LogP contribution in [0.5, 0.6) is 0 Å². The number of benzene rings is 9. The fraction of sp³-hybridized carbons (Fsp3) is 0.0612. The highest BCUT2D eigenvalue weighted by Crippen LogP contribution is 2.52. The summed E-state index contributed by atoms with van der Waals surface area (Å²) in [6.45, 7) is 4.64. The second kappa shape index (κ2) is 11.1. The van der Waals surface area contributed by atoms with E-state index in [4.69, 9.17) is 0 Å². The first kappa shape index (κ1) is 30.1. The first-order valence-corrected chi connectivity index (χ1v) is 19.4. The maximum atomic E-state index is 15.3. The lowest BCUT2D eigenvalue weighted by atomic mass is 9.81. The van der Waals surface area contributed by atoms with Crippen molar-refractivity contribution in [2.75, 3.05) is 0 Å². The van der Waals surface area contributed by atoms with Crippen LogP contribution in [0.1, 0.15) is 25.0 Å². The molecule has 0 atom stereocenters. The average molecular weight is 671 g/mol. The van der Waals surface area contributed by atoms with Gasteiger partial charge in [-0.05, 0) is 94.7 Å². The smallest absolute Gasteiger partial charge is 0.171 e. The fourth-order valence-corrected chi connectivity index (χ4v) is 11.4. The van der Waals surface area contributed by atoms with Crippen molar-refractivity contribution in [1.29, 1.82) is 0 Å². The van der Waals surface area contributed by atoms with Gasteiger partial charge in [0.05, 0.1) is 0 Å². The van der Waals surface area contributed by atoms with E-state index in [2.05, 4.69) is 129 Å². The normalized spacial score (nSPS) is 13.5. The van der Waals surface area contributed by atoms with Crippen LogP contribution in [0, 0.1) is 0 Å². The Bertz CT molecular complexity index is 2860. The maximum Gasteiger partial charge on any atom is 0.171 e. The molecule has 1 aliphatic rings. The molecule has 0 aromatic heterocycles. The lowest BCUT2D eigenvalue weighted by molar-refractivity contribution is 0.592. The Labute approximate surface area is 298 Å². The monoisotopic (exact) mass is 670 g/mol. The van der Waals surface area contributed by atoms with Gasteiger partial charge >= 0.3 is 0 Å². The van der Waals surface area contributed by atoms with Crippen molar-refractivity contribution in [2.45, 2.75) is 19.3 Å². The van der Waals surface area contributed by atoms with E-state index in [1.54, 1.807) is 0 Å². The Morgan fingerprint density at radius 3 is 1.57 bits per heavy atom. The summed E-state index contributed by atoms with van der Waals surface area (Å²) in [5.74, 6) is 0. The molecule has 242 valence electrons. The second-order valence-corrected chi connectivity index (χ2v) is 17.2. The van der Waals surface area contributed by atoms with Crippen LogP contribution in [-0.4, -0.2) is 0 Å². The SMILES string of the molecule is CC1(C)c2cc(-c3cc4c(ccc5c6ccccc6ccc54)c4ccccc34)ccc2-c2ccc(P(=O)(c3ccccc3)c3ccccc3)cc21. The molecule has 0 aliphatic heterocycles. The predicted molar refractivity (Wildman–Crippen MR) is 219 cm³/mol. The van der Waals surface area contributed by atoms with Gasteiger partial charge in [-0.3, -0.25) is 0 Å². The molecule has 0 unspecified atom stereocenters. The minimum Gasteiger partial charge on any atom is -0.309 e. The Hall–Kier alpha value is -5.75. The molecule has 0 saturated heterocycles. The fourth-order valence-electron chi connectivity index (χ4n) is 8.73. The van der Waals surface area contributed by atoms with Gasteiger partial charge in [-0.25, -0.2) is 0 Å². The van der Waals surface area contributed by atoms with Crippen LogP contribution in [0.15, 0.2) is 176 Å².